The van der Waals surface area contributed by atoms with Gasteiger partial charge in [0, 0.05) is 13.1 Å². The van der Waals surface area contributed by atoms with E-state index in [2.05, 4.69) is 5.32 Å². The fourth-order valence-electron chi connectivity index (χ4n) is 2.47. The Morgan fingerprint density at radius 3 is 2.15 bits per heavy atom. The van der Waals surface area contributed by atoms with E-state index < -0.39 is 11.7 Å². The highest BCUT2D eigenvalue weighted by Gasteiger charge is 2.29. The van der Waals surface area contributed by atoms with Crippen molar-refractivity contribution in [2.45, 2.75) is 19.1 Å². The van der Waals surface area contributed by atoms with Crippen LogP contribution in [0.2, 0.25) is 0 Å². The zero-order valence-electron chi connectivity index (χ0n) is 14.3. The molecule has 0 aromatic heterocycles. The maximum atomic E-state index is 12.8. The third kappa shape index (κ3) is 6.48. The lowest BCUT2D eigenvalue weighted by Gasteiger charge is -2.17. The van der Waals surface area contributed by atoms with Crippen LogP contribution >= 0.6 is 0 Å². The van der Waals surface area contributed by atoms with Gasteiger partial charge in [-0.2, -0.15) is 13.2 Å². The van der Waals surface area contributed by atoms with E-state index in [1.165, 1.54) is 24.3 Å². The minimum atomic E-state index is -4.35. The molecule has 0 atom stereocenters. The quantitative estimate of drug-likeness (QED) is 0.757. The molecule has 26 heavy (non-hydrogen) atoms. The van der Waals surface area contributed by atoms with E-state index in [1.807, 2.05) is 0 Å². The number of carbonyl (C=O) groups excluding carboxylic acids is 1. The number of rotatable bonds is 7. The van der Waals surface area contributed by atoms with E-state index in [1.54, 1.807) is 24.1 Å². The van der Waals surface area contributed by atoms with Crippen LogP contribution < -0.4 is 5.32 Å². The largest absolute Gasteiger partial charge is 0.416 e. The highest BCUT2D eigenvalue weighted by atomic mass is 19.4. The van der Waals surface area contributed by atoms with Crippen molar-refractivity contribution < 1.29 is 22.4 Å². The molecule has 0 aliphatic rings. The molecule has 0 unspecified atom stereocenters. The second kappa shape index (κ2) is 8.80. The number of hydrogen-bond donors (Lipinski definition) is 1. The number of benzene rings is 2. The topological polar surface area (TPSA) is 32.3 Å². The Labute approximate surface area is 149 Å². The first-order valence-corrected chi connectivity index (χ1v) is 8.10. The van der Waals surface area contributed by atoms with Crippen molar-refractivity contribution in [3.05, 3.63) is 71.0 Å². The molecule has 0 aliphatic heterocycles. The van der Waals surface area contributed by atoms with Crippen LogP contribution in [0.1, 0.15) is 16.7 Å². The van der Waals surface area contributed by atoms with Crippen molar-refractivity contribution in [2.75, 3.05) is 20.1 Å². The van der Waals surface area contributed by atoms with Crippen LogP contribution in [0.4, 0.5) is 17.6 Å². The molecule has 1 amide bonds. The minimum absolute atomic E-state index is 0.129. The lowest BCUT2D eigenvalue weighted by Crippen LogP contribution is -2.35. The first-order valence-electron chi connectivity index (χ1n) is 8.10. The summed E-state index contributed by atoms with van der Waals surface area (Å²) < 4.78 is 50.4. The van der Waals surface area contributed by atoms with Crippen molar-refractivity contribution in [3.63, 3.8) is 0 Å². The van der Waals surface area contributed by atoms with Gasteiger partial charge in [0.1, 0.15) is 5.82 Å². The Kier molecular flexibility index (Phi) is 6.74. The lowest BCUT2D eigenvalue weighted by atomic mass is 10.1. The summed E-state index contributed by atoms with van der Waals surface area (Å²) in [6.45, 7) is 0.923. The maximum absolute atomic E-state index is 12.8. The summed E-state index contributed by atoms with van der Waals surface area (Å²) in [5, 5.41) is 2.77. The first kappa shape index (κ1) is 19.9. The van der Waals surface area contributed by atoms with Crippen LogP contribution in [0.3, 0.4) is 0 Å². The molecule has 0 radical (unpaired) electrons. The summed E-state index contributed by atoms with van der Waals surface area (Å²) >= 11 is 0. The molecule has 140 valence electrons. The van der Waals surface area contributed by atoms with Crippen molar-refractivity contribution in [1.82, 2.24) is 10.2 Å². The number of likely N-dealkylation sites (N-methyl/N-ethyl adjacent to an activating group) is 1. The normalized spacial score (nSPS) is 11.6. The third-order valence-corrected chi connectivity index (χ3v) is 3.80. The van der Waals surface area contributed by atoms with Crippen LogP contribution in [0, 0.1) is 5.82 Å². The summed E-state index contributed by atoms with van der Waals surface area (Å²) in [6.07, 6.45) is -3.76. The fraction of sp³-hybridized carbons (Fsp3) is 0.316. The van der Waals surface area contributed by atoms with Crippen molar-refractivity contribution in [3.8, 4) is 0 Å². The lowest BCUT2D eigenvalue weighted by molar-refractivity contribution is -0.137. The van der Waals surface area contributed by atoms with E-state index >= 15 is 0 Å². The standard InChI is InChI=1S/C19H20F4N2O/c1-25(12-15-2-6-16(7-3-15)19(21,22)23)13-18(26)24-11-10-14-4-8-17(20)9-5-14/h2-9H,10-13H2,1H3,(H,24,26). The van der Waals surface area contributed by atoms with Gasteiger partial charge in [-0.1, -0.05) is 24.3 Å². The number of nitrogens with one attached hydrogen (secondary N) is 1. The molecule has 0 saturated carbocycles. The first-order chi connectivity index (χ1) is 12.2. The van der Waals surface area contributed by atoms with Gasteiger partial charge in [-0.3, -0.25) is 9.69 Å². The minimum Gasteiger partial charge on any atom is -0.355 e. The number of carbonyl (C=O) groups is 1. The Hall–Kier alpha value is -2.41. The maximum Gasteiger partial charge on any atom is 0.416 e. The van der Waals surface area contributed by atoms with Gasteiger partial charge in [0.25, 0.3) is 0 Å². The summed E-state index contributed by atoms with van der Waals surface area (Å²) in [6, 6.07) is 11.0. The van der Waals surface area contributed by atoms with Gasteiger partial charge in [0.05, 0.1) is 12.1 Å². The smallest absolute Gasteiger partial charge is 0.355 e. The summed E-state index contributed by atoms with van der Waals surface area (Å²) in [4.78, 5) is 13.6. The summed E-state index contributed by atoms with van der Waals surface area (Å²) in [5.74, 6) is -0.482. The average Bonchev–Trinajstić information content (AvgIpc) is 2.56. The van der Waals surface area contributed by atoms with Gasteiger partial charge in [-0.25, -0.2) is 4.39 Å². The number of amides is 1. The Morgan fingerprint density at radius 2 is 1.58 bits per heavy atom. The number of hydrogen-bond acceptors (Lipinski definition) is 2. The number of nitrogens with zero attached hydrogens (tertiary/aromatic N) is 1. The molecule has 2 rings (SSSR count). The zero-order valence-corrected chi connectivity index (χ0v) is 14.3. The van der Waals surface area contributed by atoms with Crippen LogP contribution in [0.25, 0.3) is 0 Å². The summed E-state index contributed by atoms with van der Waals surface area (Å²) in [5.41, 5.74) is 0.923. The molecule has 0 aliphatic carbocycles. The van der Waals surface area contributed by atoms with Gasteiger partial charge < -0.3 is 5.32 Å². The van der Waals surface area contributed by atoms with Crippen LogP contribution in [-0.4, -0.2) is 30.9 Å². The van der Waals surface area contributed by atoms with Gasteiger partial charge in [-0.15, -0.1) is 0 Å². The number of halogens is 4. The summed E-state index contributed by atoms with van der Waals surface area (Å²) in [7, 11) is 1.72. The van der Waals surface area contributed by atoms with E-state index in [-0.39, 0.29) is 18.3 Å². The van der Waals surface area contributed by atoms with Crippen molar-refractivity contribution in [2.24, 2.45) is 0 Å². The van der Waals surface area contributed by atoms with Crippen molar-refractivity contribution in [1.29, 1.82) is 0 Å². The van der Waals surface area contributed by atoms with Crippen LogP contribution in [0.5, 0.6) is 0 Å². The van der Waals surface area contributed by atoms with Gasteiger partial charge in [-0.05, 0) is 48.9 Å². The van der Waals surface area contributed by atoms with Crippen LogP contribution in [-0.2, 0) is 23.9 Å². The molecular formula is C19H20F4N2O. The van der Waals surface area contributed by atoms with Gasteiger partial charge in [0.2, 0.25) is 5.91 Å². The van der Waals surface area contributed by atoms with Gasteiger partial charge >= 0.3 is 6.18 Å². The number of alkyl halides is 3. The highest BCUT2D eigenvalue weighted by molar-refractivity contribution is 5.77. The Morgan fingerprint density at radius 1 is 1.00 bits per heavy atom. The van der Waals surface area contributed by atoms with E-state index in [4.69, 9.17) is 0 Å². The molecule has 0 saturated heterocycles. The second-order valence-corrected chi connectivity index (χ2v) is 6.09. The van der Waals surface area contributed by atoms with Crippen LogP contribution in [0.15, 0.2) is 48.5 Å². The molecule has 1 N–H and O–H groups in total. The van der Waals surface area contributed by atoms with E-state index in [0.29, 0.717) is 25.1 Å². The SMILES string of the molecule is CN(CC(=O)NCCc1ccc(F)cc1)Cc1ccc(C(F)(F)F)cc1. The second-order valence-electron chi connectivity index (χ2n) is 6.09. The molecule has 2 aromatic rings. The van der Waals surface area contributed by atoms with Gasteiger partial charge in [0.15, 0.2) is 0 Å². The molecule has 0 fully saturated rings. The zero-order chi connectivity index (χ0) is 19.2. The molecule has 7 heteroatoms. The average molecular weight is 368 g/mol. The molecule has 3 nitrogen and oxygen atoms in total. The Bertz CT molecular complexity index is 712. The molecule has 0 bridgehead atoms. The van der Waals surface area contributed by atoms with Crippen molar-refractivity contribution >= 4 is 5.91 Å². The predicted molar refractivity (Wildman–Crippen MR) is 90.9 cm³/mol. The molecule has 2 aromatic carbocycles. The molecule has 0 spiro atoms. The van der Waals surface area contributed by atoms with E-state index in [0.717, 1.165) is 17.7 Å². The third-order valence-electron chi connectivity index (χ3n) is 3.80. The van der Waals surface area contributed by atoms with E-state index in [9.17, 15) is 22.4 Å². The molecule has 0 heterocycles. The highest BCUT2D eigenvalue weighted by Crippen LogP contribution is 2.29. The monoisotopic (exact) mass is 368 g/mol. The molecular weight excluding hydrogens is 348 g/mol. The fourth-order valence-corrected chi connectivity index (χ4v) is 2.47. The predicted octanol–water partition coefficient (Wildman–Crippen LogP) is 3.64. The Balaban J connectivity index is 1.73.